The molecule has 0 heterocycles. The van der Waals surface area contributed by atoms with E-state index in [-0.39, 0.29) is 59.4 Å². The van der Waals surface area contributed by atoms with E-state index in [1.165, 1.54) is 12.1 Å². The molecule has 1 aliphatic rings. The molecule has 2 aromatic rings. The third-order valence-electron chi connectivity index (χ3n) is 3.82. The number of benzene rings is 2. The van der Waals surface area contributed by atoms with Gasteiger partial charge in [0.1, 0.15) is 24.3 Å². The van der Waals surface area contributed by atoms with Crippen molar-refractivity contribution in [3.05, 3.63) is 68.8 Å². The van der Waals surface area contributed by atoms with Crippen LogP contribution in [0.1, 0.15) is 68.9 Å². The van der Waals surface area contributed by atoms with Crippen molar-refractivity contribution < 1.29 is 9.59 Å². The highest BCUT2D eigenvalue weighted by Gasteiger charge is 2.37. The van der Waals surface area contributed by atoms with Crippen LogP contribution in [0.15, 0.2) is 24.3 Å². The average molecular weight is 340 g/mol. The summed E-state index contributed by atoms with van der Waals surface area (Å²) >= 11 is 0. The standard InChI is InChI=1S/C18H4N4O2.2CH4/c19-5-11-12(6-20)14(8-22)16-15(13(11)7-21)17(23)9-3-1-2-4-10(9)18(16)24;;/h1-4H;2*1H4. The molecule has 26 heavy (non-hydrogen) atoms. The Balaban J connectivity index is 0.00000169. The molecule has 0 amide bonds. The fraction of sp³-hybridized carbons (Fsp3) is 0.100. The van der Waals surface area contributed by atoms with Gasteiger partial charge in [-0.05, 0) is 0 Å². The maximum Gasteiger partial charge on any atom is 0.195 e. The van der Waals surface area contributed by atoms with E-state index in [9.17, 15) is 30.6 Å². The second-order valence-corrected chi connectivity index (χ2v) is 4.90. The smallest absolute Gasteiger partial charge is 0.195 e. The van der Waals surface area contributed by atoms with Crippen LogP contribution >= 0.6 is 0 Å². The number of nitrogens with zero attached hydrogens (tertiary/aromatic N) is 4. The summed E-state index contributed by atoms with van der Waals surface area (Å²) < 4.78 is 0. The Kier molecular flexibility index (Phi) is 5.40. The van der Waals surface area contributed by atoms with Gasteiger partial charge in [0, 0.05) is 11.1 Å². The Labute approximate surface area is 150 Å². The van der Waals surface area contributed by atoms with Crippen LogP contribution in [0.25, 0.3) is 0 Å². The zero-order valence-corrected chi connectivity index (χ0v) is 11.9. The minimum Gasteiger partial charge on any atom is -0.289 e. The first-order chi connectivity index (χ1) is 11.6. The lowest BCUT2D eigenvalue weighted by Crippen LogP contribution is -2.25. The van der Waals surface area contributed by atoms with Gasteiger partial charge in [-0.1, -0.05) is 39.1 Å². The molecule has 2 aromatic carbocycles. The maximum atomic E-state index is 12.8. The Morgan fingerprint density at radius 1 is 0.577 bits per heavy atom. The molecule has 0 fully saturated rings. The molecule has 0 aliphatic heterocycles. The van der Waals surface area contributed by atoms with Gasteiger partial charge in [0.25, 0.3) is 0 Å². The first kappa shape index (κ1) is 19.8. The molecule has 0 spiro atoms. The van der Waals surface area contributed by atoms with E-state index >= 15 is 0 Å². The number of fused-ring (bicyclic) bond motifs is 2. The Morgan fingerprint density at radius 2 is 0.885 bits per heavy atom. The zero-order valence-electron chi connectivity index (χ0n) is 11.9. The van der Waals surface area contributed by atoms with E-state index < -0.39 is 11.6 Å². The number of hydrogen-bond donors (Lipinski definition) is 0. The van der Waals surface area contributed by atoms with Gasteiger partial charge in [0.15, 0.2) is 11.6 Å². The topological polar surface area (TPSA) is 129 Å². The van der Waals surface area contributed by atoms with E-state index in [4.69, 9.17) is 0 Å². The molecular weight excluding hydrogens is 328 g/mol. The number of hydrogen-bond acceptors (Lipinski definition) is 6. The second kappa shape index (κ2) is 7.10. The Bertz CT molecular complexity index is 1040. The minimum absolute atomic E-state index is 0. The number of carbonyl (C=O) groups excluding carboxylic acids is 2. The monoisotopic (exact) mass is 340 g/mol. The van der Waals surface area contributed by atoms with Gasteiger partial charge in [-0.2, -0.15) is 21.0 Å². The number of rotatable bonds is 0. The maximum absolute atomic E-state index is 12.8. The summed E-state index contributed by atoms with van der Waals surface area (Å²) in [4.78, 5) is 25.5. The number of nitriles is 4. The zero-order chi connectivity index (χ0) is 17.4. The Morgan fingerprint density at radius 3 is 1.15 bits per heavy atom. The normalized spacial score (nSPS) is 10.5. The molecule has 0 atom stereocenters. The Hall–Kier alpha value is -4.26. The van der Waals surface area contributed by atoms with E-state index in [1.54, 1.807) is 36.4 Å². The van der Waals surface area contributed by atoms with Crippen LogP contribution in [0.2, 0.25) is 0 Å². The fourth-order valence-electron chi connectivity index (χ4n) is 2.80. The summed E-state index contributed by atoms with van der Waals surface area (Å²) in [5.41, 5.74) is -1.80. The lowest BCUT2D eigenvalue weighted by molar-refractivity contribution is 0.0978. The molecule has 0 bridgehead atoms. The van der Waals surface area contributed by atoms with Gasteiger partial charge in [-0.15, -0.1) is 0 Å². The van der Waals surface area contributed by atoms with Crippen molar-refractivity contribution in [1.29, 1.82) is 21.0 Å². The summed E-state index contributed by atoms with van der Waals surface area (Å²) in [5.74, 6) is -1.23. The first-order valence-corrected chi connectivity index (χ1v) is 6.63. The largest absolute Gasteiger partial charge is 0.289 e. The van der Waals surface area contributed by atoms with Crippen LogP contribution in [0.3, 0.4) is 0 Å². The number of carbonyl (C=O) groups is 2. The first-order valence-electron chi connectivity index (χ1n) is 6.63. The van der Waals surface area contributed by atoms with Crippen molar-refractivity contribution in [2.24, 2.45) is 0 Å². The molecule has 3 rings (SSSR count). The summed E-state index contributed by atoms with van der Waals surface area (Å²) in [7, 11) is 0. The highest BCUT2D eigenvalue weighted by atomic mass is 16.1. The number of ketones is 2. The SMILES string of the molecule is C.C.N#Cc1c(C#N)c(C#N)c2c(c1C#N)C(=O)c1ccccc1C2=O. The molecule has 6 heteroatoms. The van der Waals surface area contributed by atoms with Gasteiger partial charge >= 0.3 is 0 Å². The van der Waals surface area contributed by atoms with Gasteiger partial charge in [0.05, 0.1) is 33.4 Å². The molecule has 0 radical (unpaired) electrons. The van der Waals surface area contributed by atoms with E-state index in [1.807, 2.05) is 0 Å². The third-order valence-corrected chi connectivity index (χ3v) is 3.82. The van der Waals surface area contributed by atoms with Gasteiger partial charge in [0.2, 0.25) is 0 Å². The highest BCUT2D eigenvalue weighted by molar-refractivity contribution is 6.30. The lowest BCUT2D eigenvalue weighted by Gasteiger charge is -2.20. The summed E-state index contributed by atoms with van der Waals surface area (Å²) in [6, 6.07) is 12.9. The van der Waals surface area contributed by atoms with Crippen LogP contribution < -0.4 is 0 Å². The predicted octanol–water partition coefficient (Wildman–Crippen LogP) is 3.22. The summed E-state index contributed by atoms with van der Waals surface area (Å²) in [6.07, 6.45) is 0. The van der Waals surface area contributed by atoms with Crippen LogP contribution in [-0.2, 0) is 0 Å². The third kappa shape index (κ3) is 2.31. The summed E-state index contributed by atoms with van der Waals surface area (Å²) in [6.45, 7) is 0. The van der Waals surface area contributed by atoms with E-state index in [2.05, 4.69) is 0 Å². The molecule has 0 saturated heterocycles. The molecular formula is C20H12N4O2. The van der Waals surface area contributed by atoms with Crippen molar-refractivity contribution in [3.8, 4) is 24.3 Å². The van der Waals surface area contributed by atoms with Crippen LogP contribution in [0, 0.1) is 45.3 Å². The predicted molar refractivity (Wildman–Crippen MR) is 92.1 cm³/mol. The van der Waals surface area contributed by atoms with Crippen LogP contribution in [0.4, 0.5) is 0 Å². The van der Waals surface area contributed by atoms with Crippen molar-refractivity contribution >= 4 is 11.6 Å². The molecule has 0 saturated carbocycles. The van der Waals surface area contributed by atoms with Crippen molar-refractivity contribution in [2.75, 3.05) is 0 Å². The van der Waals surface area contributed by atoms with Gasteiger partial charge in [-0.3, -0.25) is 9.59 Å². The molecule has 1 aliphatic carbocycles. The van der Waals surface area contributed by atoms with Gasteiger partial charge < -0.3 is 0 Å². The minimum atomic E-state index is -0.616. The molecule has 124 valence electrons. The second-order valence-electron chi connectivity index (χ2n) is 4.90. The lowest BCUT2D eigenvalue weighted by atomic mass is 9.77. The average Bonchev–Trinajstić information content (AvgIpc) is 2.63. The fourth-order valence-corrected chi connectivity index (χ4v) is 2.80. The van der Waals surface area contributed by atoms with Crippen LogP contribution in [0.5, 0.6) is 0 Å². The molecule has 0 aromatic heterocycles. The van der Waals surface area contributed by atoms with Gasteiger partial charge in [-0.25, -0.2) is 0 Å². The van der Waals surface area contributed by atoms with E-state index in [0.29, 0.717) is 0 Å². The molecule has 0 N–H and O–H groups in total. The molecule has 0 unspecified atom stereocenters. The molecule has 6 nitrogen and oxygen atoms in total. The quantitative estimate of drug-likeness (QED) is 0.617. The van der Waals surface area contributed by atoms with Crippen molar-refractivity contribution in [1.82, 2.24) is 0 Å². The summed E-state index contributed by atoms with van der Waals surface area (Å²) in [5, 5.41) is 37.3. The van der Waals surface area contributed by atoms with Crippen LogP contribution in [-0.4, -0.2) is 11.6 Å². The van der Waals surface area contributed by atoms with E-state index in [0.717, 1.165) is 0 Å². The highest BCUT2D eigenvalue weighted by Crippen LogP contribution is 2.35. The van der Waals surface area contributed by atoms with Crippen molar-refractivity contribution in [3.63, 3.8) is 0 Å². The van der Waals surface area contributed by atoms with Crippen molar-refractivity contribution in [2.45, 2.75) is 14.9 Å².